The van der Waals surface area contributed by atoms with Gasteiger partial charge in [-0.15, -0.1) is 11.6 Å². The van der Waals surface area contributed by atoms with Gasteiger partial charge in [0.05, 0.1) is 165 Å². The van der Waals surface area contributed by atoms with Crippen LogP contribution in [0.2, 0.25) is 0 Å². The van der Waals surface area contributed by atoms with Crippen LogP contribution in [0.25, 0.3) is 0 Å². The van der Waals surface area contributed by atoms with Crippen molar-refractivity contribution in [1.82, 2.24) is 5.32 Å². The molecule has 0 unspecified atom stereocenters. The zero-order valence-corrected chi connectivity index (χ0v) is 30.6. The van der Waals surface area contributed by atoms with E-state index >= 15 is 0 Å². The average molecular weight is 722 g/mol. The summed E-state index contributed by atoms with van der Waals surface area (Å²) in [6.07, 6.45) is 4.50. The molecule has 1 N–H and O–H groups in total. The summed E-state index contributed by atoms with van der Waals surface area (Å²) in [7, 11) is 1.90. The van der Waals surface area contributed by atoms with Crippen LogP contribution >= 0.6 is 11.6 Å². The molecule has 0 aliphatic carbocycles. The van der Waals surface area contributed by atoms with Crippen LogP contribution in [0.3, 0.4) is 0 Å². The first kappa shape index (κ1) is 47.7. The molecular formula is C33H68ClNO13. The normalized spacial score (nSPS) is 11.6. The highest BCUT2D eigenvalue weighted by Gasteiger charge is 1.97. The van der Waals surface area contributed by atoms with E-state index in [2.05, 4.69) is 5.32 Å². The summed E-state index contributed by atoms with van der Waals surface area (Å²) >= 11 is 5.65. The van der Waals surface area contributed by atoms with Gasteiger partial charge in [-0.05, 0) is 19.9 Å². The van der Waals surface area contributed by atoms with Gasteiger partial charge in [-0.1, -0.05) is 12.8 Å². The molecule has 0 aromatic heterocycles. The van der Waals surface area contributed by atoms with Gasteiger partial charge in [-0.25, -0.2) is 0 Å². The molecule has 0 aromatic carbocycles. The highest BCUT2D eigenvalue weighted by molar-refractivity contribution is 6.17. The zero-order chi connectivity index (χ0) is 34.5. The zero-order valence-electron chi connectivity index (χ0n) is 29.8. The maximum absolute atomic E-state index is 5.65. The van der Waals surface area contributed by atoms with Crippen LogP contribution in [0.4, 0.5) is 0 Å². The first-order valence-corrected chi connectivity index (χ1v) is 18.2. The van der Waals surface area contributed by atoms with E-state index < -0.39 is 0 Å². The third kappa shape index (κ3) is 45.7. The Hall–Kier alpha value is -0.270. The quantitative estimate of drug-likeness (QED) is 0.0728. The number of alkyl halides is 1. The molecule has 0 radical (unpaired) electrons. The van der Waals surface area contributed by atoms with E-state index in [0.29, 0.717) is 165 Å². The molecule has 15 heteroatoms. The summed E-state index contributed by atoms with van der Waals surface area (Å²) in [6, 6.07) is 0. The fourth-order valence-electron chi connectivity index (χ4n) is 3.57. The highest BCUT2D eigenvalue weighted by Crippen LogP contribution is 2.01. The molecule has 0 bridgehead atoms. The Labute approximate surface area is 295 Å². The SMILES string of the molecule is CNCCOCCOCCOCCOCCOCCOCCOCCOCCOCCOCCOCCOCCOCCCCCCCl. The van der Waals surface area contributed by atoms with E-state index in [1.165, 1.54) is 12.8 Å². The first-order valence-electron chi connectivity index (χ1n) is 17.6. The maximum Gasteiger partial charge on any atom is 0.0701 e. The van der Waals surface area contributed by atoms with Gasteiger partial charge in [0.15, 0.2) is 0 Å². The predicted octanol–water partition coefficient (Wildman–Crippen LogP) is 2.22. The molecule has 0 fully saturated rings. The topological polar surface area (TPSA) is 132 Å². The summed E-state index contributed by atoms with van der Waals surface area (Å²) in [5, 5.41) is 3.02. The van der Waals surface area contributed by atoms with E-state index in [-0.39, 0.29) is 0 Å². The molecule has 48 heavy (non-hydrogen) atoms. The monoisotopic (exact) mass is 721 g/mol. The van der Waals surface area contributed by atoms with Gasteiger partial charge < -0.3 is 66.9 Å². The van der Waals surface area contributed by atoms with Gasteiger partial charge >= 0.3 is 0 Å². The second-order valence-electron chi connectivity index (χ2n) is 10.2. The van der Waals surface area contributed by atoms with E-state index in [4.69, 9.17) is 73.2 Å². The highest BCUT2D eigenvalue weighted by atomic mass is 35.5. The number of hydrogen-bond acceptors (Lipinski definition) is 14. The van der Waals surface area contributed by atoms with Crippen molar-refractivity contribution in [2.24, 2.45) is 0 Å². The molecule has 0 rings (SSSR count). The van der Waals surface area contributed by atoms with Crippen LogP contribution in [0.5, 0.6) is 0 Å². The molecule has 0 saturated carbocycles. The van der Waals surface area contributed by atoms with Crippen LogP contribution < -0.4 is 5.32 Å². The minimum absolute atomic E-state index is 0.512. The number of hydrogen-bond donors (Lipinski definition) is 1. The second kappa shape index (κ2) is 46.7. The molecule has 0 atom stereocenters. The fraction of sp³-hybridized carbons (Fsp3) is 1.00. The Morgan fingerprint density at radius 2 is 0.479 bits per heavy atom. The Bertz CT molecular complexity index is 516. The van der Waals surface area contributed by atoms with Crippen molar-refractivity contribution in [3.05, 3.63) is 0 Å². The second-order valence-corrected chi connectivity index (χ2v) is 10.5. The van der Waals surface area contributed by atoms with Gasteiger partial charge in [-0.3, -0.25) is 0 Å². The van der Waals surface area contributed by atoms with Crippen molar-refractivity contribution in [3.63, 3.8) is 0 Å². The standard InChI is InChI=1S/C33H68ClNO13/c1-35-7-9-37-11-13-39-15-17-41-19-21-43-23-25-45-27-29-47-31-33-48-32-30-46-28-26-44-24-22-42-20-18-40-16-14-38-12-10-36-8-5-3-2-4-6-34/h35H,2-33H2,1H3. The lowest BCUT2D eigenvalue weighted by Gasteiger charge is -2.09. The smallest absolute Gasteiger partial charge is 0.0701 e. The van der Waals surface area contributed by atoms with Gasteiger partial charge in [0, 0.05) is 19.0 Å². The third-order valence-corrected chi connectivity index (χ3v) is 6.40. The van der Waals surface area contributed by atoms with Gasteiger partial charge in [0.1, 0.15) is 0 Å². The average Bonchev–Trinajstić information content (AvgIpc) is 3.10. The van der Waals surface area contributed by atoms with Crippen molar-refractivity contribution in [3.8, 4) is 0 Å². The van der Waals surface area contributed by atoms with Gasteiger partial charge in [0.2, 0.25) is 0 Å². The summed E-state index contributed by atoms with van der Waals surface area (Å²) < 4.78 is 71.1. The van der Waals surface area contributed by atoms with Crippen molar-refractivity contribution >= 4 is 11.6 Å². The largest absolute Gasteiger partial charge is 0.379 e. The van der Waals surface area contributed by atoms with Crippen LogP contribution in [-0.2, 0) is 61.6 Å². The molecule has 290 valence electrons. The molecule has 0 aromatic rings. The van der Waals surface area contributed by atoms with E-state index in [9.17, 15) is 0 Å². The number of unbranched alkanes of at least 4 members (excludes halogenated alkanes) is 3. The number of likely N-dealkylation sites (N-methyl/N-ethyl adjacent to an activating group) is 1. The van der Waals surface area contributed by atoms with Crippen molar-refractivity contribution in [2.75, 3.05) is 191 Å². The maximum atomic E-state index is 5.65. The summed E-state index contributed by atoms with van der Waals surface area (Å²) in [5.74, 6) is 0.743. The number of halogens is 1. The van der Waals surface area contributed by atoms with Crippen molar-refractivity contribution < 1.29 is 61.6 Å². The lowest BCUT2D eigenvalue weighted by atomic mass is 10.2. The lowest BCUT2D eigenvalue weighted by molar-refractivity contribution is -0.0290. The Kier molecular flexibility index (Phi) is 46.5. The Morgan fingerprint density at radius 3 is 0.708 bits per heavy atom. The molecule has 0 saturated heterocycles. The molecule has 0 heterocycles. The van der Waals surface area contributed by atoms with E-state index in [1.807, 2.05) is 7.05 Å². The number of nitrogens with one attached hydrogen (secondary N) is 1. The minimum Gasteiger partial charge on any atom is -0.379 e. The fourth-order valence-corrected chi connectivity index (χ4v) is 3.76. The van der Waals surface area contributed by atoms with E-state index in [0.717, 1.165) is 31.9 Å². The van der Waals surface area contributed by atoms with Crippen molar-refractivity contribution in [1.29, 1.82) is 0 Å². The van der Waals surface area contributed by atoms with Crippen LogP contribution in [0.15, 0.2) is 0 Å². The van der Waals surface area contributed by atoms with Crippen LogP contribution in [0.1, 0.15) is 25.7 Å². The molecule has 0 aliphatic rings. The van der Waals surface area contributed by atoms with Crippen molar-refractivity contribution in [2.45, 2.75) is 25.7 Å². The summed E-state index contributed by atoms with van der Waals surface area (Å²) in [6.45, 7) is 15.2. The number of ether oxygens (including phenoxy) is 13. The lowest BCUT2D eigenvalue weighted by Crippen LogP contribution is -2.17. The minimum atomic E-state index is 0.512. The van der Waals surface area contributed by atoms with Crippen LogP contribution in [-0.4, -0.2) is 191 Å². The Balaban J connectivity index is 3.04. The Morgan fingerprint density at radius 1 is 0.271 bits per heavy atom. The van der Waals surface area contributed by atoms with Gasteiger partial charge in [0.25, 0.3) is 0 Å². The molecular weight excluding hydrogens is 654 g/mol. The summed E-state index contributed by atoms with van der Waals surface area (Å²) in [5.41, 5.74) is 0. The third-order valence-electron chi connectivity index (χ3n) is 6.13. The van der Waals surface area contributed by atoms with E-state index in [1.54, 1.807) is 0 Å². The predicted molar refractivity (Wildman–Crippen MR) is 184 cm³/mol. The summed E-state index contributed by atoms with van der Waals surface area (Å²) in [4.78, 5) is 0. The number of rotatable bonds is 45. The molecule has 0 amide bonds. The molecule has 0 aliphatic heterocycles. The molecule has 0 spiro atoms. The van der Waals surface area contributed by atoms with Crippen LogP contribution in [0, 0.1) is 0 Å². The molecule has 14 nitrogen and oxygen atoms in total. The van der Waals surface area contributed by atoms with Gasteiger partial charge in [-0.2, -0.15) is 0 Å². The first-order chi connectivity index (χ1) is 23.9.